The van der Waals surface area contributed by atoms with E-state index in [0.29, 0.717) is 6.42 Å². The Hall–Kier alpha value is -2.83. The van der Waals surface area contributed by atoms with Gasteiger partial charge in [-0.05, 0) is 30.9 Å². The molecule has 1 aliphatic carbocycles. The number of hydrogen-bond donors (Lipinski definition) is 3. The smallest absolute Gasteiger partial charge is 0.321 e. The molecule has 1 saturated carbocycles. The Morgan fingerprint density at radius 3 is 2.70 bits per heavy atom. The molecule has 1 aromatic heterocycles. The van der Waals surface area contributed by atoms with Crippen LogP contribution in [0.2, 0.25) is 0 Å². The van der Waals surface area contributed by atoms with E-state index in [4.69, 9.17) is 4.74 Å². The van der Waals surface area contributed by atoms with Gasteiger partial charge in [-0.15, -0.1) is 0 Å². The topological polar surface area (TPSA) is 100 Å². The molecule has 7 nitrogen and oxygen atoms in total. The van der Waals surface area contributed by atoms with Gasteiger partial charge in [-0.2, -0.15) is 0 Å². The van der Waals surface area contributed by atoms with Gasteiger partial charge in [-0.25, -0.2) is 4.79 Å². The highest BCUT2D eigenvalue weighted by Gasteiger charge is 2.17. The molecule has 1 aromatic carbocycles. The van der Waals surface area contributed by atoms with Crippen LogP contribution in [0.1, 0.15) is 44.1 Å². The third-order valence-electron chi connectivity index (χ3n) is 4.83. The first kappa shape index (κ1) is 18.9. The van der Waals surface area contributed by atoms with Gasteiger partial charge in [0, 0.05) is 29.6 Å². The molecule has 3 rings (SSSR count). The van der Waals surface area contributed by atoms with E-state index in [9.17, 15) is 14.4 Å². The van der Waals surface area contributed by atoms with Gasteiger partial charge < -0.3 is 15.0 Å². The van der Waals surface area contributed by atoms with Gasteiger partial charge in [0.05, 0.1) is 0 Å². The molecule has 2 aromatic rings. The number of rotatable bonds is 6. The number of aromatic amines is 1. The second-order valence-corrected chi connectivity index (χ2v) is 6.88. The van der Waals surface area contributed by atoms with Crippen LogP contribution in [0.3, 0.4) is 0 Å². The predicted molar refractivity (Wildman–Crippen MR) is 101 cm³/mol. The van der Waals surface area contributed by atoms with Gasteiger partial charge >= 0.3 is 12.0 Å². The van der Waals surface area contributed by atoms with Crippen molar-refractivity contribution in [3.05, 3.63) is 36.0 Å². The second kappa shape index (κ2) is 9.21. The molecule has 3 N–H and O–H groups in total. The molecule has 3 amide bonds. The average molecular weight is 371 g/mol. The highest BCUT2D eigenvalue weighted by atomic mass is 16.5. The molecule has 1 fully saturated rings. The monoisotopic (exact) mass is 371 g/mol. The van der Waals surface area contributed by atoms with E-state index in [1.165, 1.54) is 6.42 Å². The van der Waals surface area contributed by atoms with E-state index in [0.717, 1.165) is 42.1 Å². The summed E-state index contributed by atoms with van der Waals surface area (Å²) in [6.07, 6.45) is 7.80. The molecule has 0 bridgehead atoms. The predicted octanol–water partition coefficient (Wildman–Crippen LogP) is 2.80. The lowest BCUT2D eigenvalue weighted by Crippen LogP contribution is -2.46. The number of carbonyl (C=O) groups is 3. The van der Waals surface area contributed by atoms with Crippen molar-refractivity contribution in [3.63, 3.8) is 0 Å². The quantitative estimate of drug-likeness (QED) is 0.680. The average Bonchev–Trinajstić information content (AvgIpc) is 3.08. The van der Waals surface area contributed by atoms with E-state index in [1.807, 2.05) is 30.5 Å². The molecule has 0 unspecified atom stereocenters. The van der Waals surface area contributed by atoms with Crippen molar-refractivity contribution in [2.75, 3.05) is 6.61 Å². The van der Waals surface area contributed by atoms with Crippen LogP contribution in [0, 0.1) is 0 Å². The van der Waals surface area contributed by atoms with E-state index in [2.05, 4.69) is 15.6 Å². The summed E-state index contributed by atoms with van der Waals surface area (Å²) in [7, 11) is 0. The van der Waals surface area contributed by atoms with Crippen LogP contribution in [0.25, 0.3) is 10.9 Å². The minimum Gasteiger partial charge on any atom is -0.456 e. The van der Waals surface area contributed by atoms with Crippen molar-refractivity contribution in [2.24, 2.45) is 0 Å². The normalized spacial score (nSPS) is 14.7. The number of fused-ring (bicyclic) bond motifs is 1. The molecule has 27 heavy (non-hydrogen) atoms. The van der Waals surface area contributed by atoms with Crippen molar-refractivity contribution < 1.29 is 19.1 Å². The van der Waals surface area contributed by atoms with Crippen LogP contribution in [0.15, 0.2) is 30.5 Å². The van der Waals surface area contributed by atoms with E-state index in [1.54, 1.807) is 0 Å². The number of benzene rings is 1. The minimum absolute atomic E-state index is 0.116. The van der Waals surface area contributed by atoms with Crippen molar-refractivity contribution in [2.45, 2.75) is 51.0 Å². The molecule has 1 aliphatic rings. The van der Waals surface area contributed by atoms with Crippen molar-refractivity contribution in [1.82, 2.24) is 15.6 Å². The van der Waals surface area contributed by atoms with Gasteiger partial charge in [0.25, 0.3) is 5.91 Å². The number of H-pyrrole nitrogens is 1. The zero-order chi connectivity index (χ0) is 19.1. The number of urea groups is 1. The van der Waals surface area contributed by atoms with Gasteiger partial charge in [-0.3, -0.25) is 14.9 Å². The van der Waals surface area contributed by atoms with Crippen molar-refractivity contribution in [3.8, 4) is 0 Å². The number of carbonyl (C=O) groups excluding carboxylic acids is 3. The number of hydrogen-bond acceptors (Lipinski definition) is 4. The lowest BCUT2D eigenvalue weighted by Gasteiger charge is -2.22. The van der Waals surface area contributed by atoms with Crippen LogP contribution >= 0.6 is 0 Å². The van der Waals surface area contributed by atoms with Crippen LogP contribution in [-0.2, 0) is 20.7 Å². The van der Waals surface area contributed by atoms with Gasteiger partial charge in [0.1, 0.15) is 0 Å². The molecule has 0 radical (unpaired) electrons. The first-order valence-electron chi connectivity index (χ1n) is 9.43. The first-order chi connectivity index (χ1) is 13.1. The molecular formula is C20H25N3O4. The SMILES string of the molecule is O=C(COC(=O)CCc1c[nH]c2ccccc12)NC(=O)NC1CCCCC1. The Balaban J connectivity index is 1.35. The van der Waals surface area contributed by atoms with E-state index in [-0.39, 0.29) is 12.5 Å². The number of nitrogens with one attached hydrogen (secondary N) is 3. The molecular weight excluding hydrogens is 346 g/mol. The lowest BCUT2D eigenvalue weighted by atomic mass is 9.96. The molecule has 7 heteroatoms. The zero-order valence-corrected chi connectivity index (χ0v) is 15.3. The molecule has 0 saturated heterocycles. The van der Waals surface area contributed by atoms with Gasteiger partial charge in [0.15, 0.2) is 6.61 Å². The fourth-order valence-electron chi connectivity index (χ4n) is 3.42. The summed E-state index contributed by atoms with van der Waals surface area (Å²) in [5.74, 6) is -1.09. The summed E-state index contributed by atoms with van der Waals surface area (Å²) < 4.78 is 4.96. The Bertz CT molecular complexity index is 808. The zero-order valence-electron chi connectivity index (χ0n) is 15.3. The fourth-order valence-corrected chi connectivity index (χ4v) is 3.42. The maximum absolute atomic E-state index is 11.9. The van der Waals surface area contributed by atoms with Crippen LogP contribution in [0.5, 0.6) is 0 Å². The number of ether oxygens (including phenoxy) is 1. The molecule has 144 valence electrons. The molecule has 0 spiro atoms. The van der Waals surface area contributed by atoms with Gasteiger partial charge in [-0.1, -0.05) is 37.5 Å². The third-order valence-corrected chi connectivity index (χ3v) is 4.83. The number of aromatic nitrogens is 1. The Kier molecular flexibility index (Phi) is 6.46. The van der Waals surface area contributed by atoms with Crippen LogP contribution in [0.4, 0.5) is 4.79 Å². The van der Waals surface area contributed by atoms with Crippen molar-refractivity contribution >= 4 is 28.8 Å². The van der Waals surface area contributed by atoms with Gasteiger partial charge in [0.2, 0.25) is 0 Å². The van der Waals surface area contributed by atoms with Crippen LogP contribution in [-0.4, -0.2) is 35.5 Å². The molecule has 0 atom stereocenters. The Morgan fingerprint density at radius 1 is 1.11 bits per heavy atom. The number of amides is 3. The highest BCUT2D eigenvalue weighted by Crippen LogP contribution is 2.19. The van der Waals surface area contributed by atoms with E-state index < -0.39 is 24.5 Å². The summed E-state index contributed by atoms with van der Waals surface area (Å²) in [6.45, 7) is -0.454. The standard InChI is InChI=1S/C20H25N3O4/c24-18(23-20(26)22-15-6-2-1-3-7-15)13-27-19(25)11-10-14-12-21-17-9-5-4-8-16(14)17/h4-5,8-9,12,15,21H,1-3,6-7,10-11,13H2,(H2,22,23,24,26). The Morgan fingerprint density at radius 2 is 1.89 bits per heavy atom. The number of aryl methyl sites for hydroxylation is 1. The lowest BCUT2D eigenvalue weighted by molar-refractivity contribution is -0.148. The summed E-state index contributed by atoms with van der Waals surface area (Å²) in [5.41, 5.74) is 2.04. The summed E-state index contributed by atoms with van der Waals surface area (Å²) in [5, 5.41) is 6.06. The maximum Gasteiger partial charge on any atom is 0.321 e. The first-order valence-corrected chi connectivity index (χ1v) is 9.43. The Labute approximate surface area is 157 Å². The summed E-state index contributed by atoms with van der Waals surface area (Å²) >= 11 is 0. The number of para-hydroxylation sites is 1. The summed E-state index contributed by atoms with van der Waals surface area (Å²) in [4.78, 5) is 38.6. The number of imide groups is 1. The molecule has 0 aliphatic heterocycles. The highest BCUT2D eigenvalue weighted by molar-refractivity contribution is 5.95. The number of esters is 1. The maximum atomic E-state index is 11.9. The van der Waals surface area contributed by atoms with Crippen molar-refractivity contribution in [1.29, 1.82) is 0 Å². The fraction of sp³-hybridized carbons (Fsp3) is 0.450. The second-order valence-electron chi connectivity index (χ2n) is 6.88. The van der Waals surface area contributed by atoms with Crippen LogP contribution < -0.4 is 10.6 Å². The minimum atomic E-state index is -0.622. The molecule has 1 heterocycles. The third kappa shape index (κ3) is 5.57. The largest absolute Gasteiger partial charge is 0.456 e. The summed E-state index contributed by atoms with van der Waals surface area (Å²) in [6, 6.07) is 7.44. The van der Waals surface area contributed by atoms with E-state index >= 15 is 0 Å².